The molecule has 0 saturated carbocycles. The quantitative estimate of drug-likeness (QED) is 0.337. The van der Waals surface area contributed by atoms with Crippen molar-refractivity contribution >= 4 is 15.9 Å². The first kappa shape index (κ1) is 17.3. The van der Waals surface area contributed by atoms with Crippen molar-refractivity contribution in [2.45, 2.75) is 25.3 Å². The lowest BCUT2D eigenvalue weighted by Crippen LogP contribution is -2.37. The molecule has 0 aliphatic heterocycles. The number of nitrogens with zero attached hydrogens (tertiary/aromatic N) is 3. The van der Waals surface area contributed by atoms with Crippen LogP contribution in [0, 0.1) is 11.7 Å². The van der Waals surface area contributed by atoms with Gasteiger partial charge in [-0.2, -0.15) is 4.31 Å². The molecule has 0 spiro atoms. The SMILES string of the molecule is CC(C)CN(CC/C(N)=N/O)S(=O)(=O)c1ncccc1F. The van der Waals surface area contributed by atoms with Gasteiger partial charge in [-0.1, -0.05) is 19.0 Å². The Labute approximate surface area is 123 Å². The number of pyridine rings is 1. The minimum atomic E-state index is -4.08. The molecule has 7 nitrogen and oxygen atoms in total. The van der Waals surface area contributed by atoms with Crippen molar-refractivity contribution in [2.75, 3.05) is 13.1 Å². The number of amidine groups is 1. The van der Waals surface area contributed by atoms with Gasteiger partial charge in [0.2, 0.25) is 5.03 Å². The van der Waals surface area contributed by atoms with Gasteiger partial charge in [-0.05, 0) is 18.1 Å². The molecule has 9 heteroatoms. The number of halogens is 1. The second kappa shape index (κ2) is 7.32. The largest absolute Gasteiger partial charge is 0.409 e. The maximum atomic E-state index is 13.7. The van der Waals surface area contributed by atoms with E-state index < -0.39 is 20.9 Å². The van der Waals surface area contributed by atoms with Crippen LogP contribution in [0.2, 0.25) is 0 Å². The molecule has 0 atom stereocenters. The number of hydrogen-bond donors (Lipinski definition) is 2. The van der Waals surface area contributed by atoms with Gasteiger partial charge in [0.05, 0.1) is 0 Å². The summed E-state index contributed by atoms with van der Waals surface area (Å²) in [5, 5.41) is 10.7. The summed E-state index contributed by atoms with van der Waals surface area (Å²) >= 11 is 0. The van der Waals surface area contributed by atoms with Crippen molar-refractivity contribution in [1.82, 2.24) is 9.29 Å². The van der Waals surface area contributed by atoms with Gasteiger partial charge in [-0.15, -0.1) is 0 Å². The van der Waals surface area contributed by atoms with Crippen LogP contribution < -0.4 is 5.73 Å². The highest BCUT2D eigenvalue weighted by Crippen LogP contribution is 2.18. The van der Waals surface area contributed by atoms with Crippen LogP contribution >= 0.6 is 0 Å². The van der Waals surface area contributed by atoms with Gasteiger partial charge in [-0.3, -0.25) is 0 Å². The summed E-state index contributed by atoms with van der Waals surface area (Å²) in [6.07, 6.45) is 1.25. The number of aromatic nitrogens is 1. The van der Waals surface area contributed by atoms with E-state index in [2.05, 4.69) is 10.1 Å². The Morgan fingerprint density at radius 1 is 1.57 bits per heavy atom. The maximum Gasteiger partial charge on any atom is 0.263 e. The van der Waals surface area contributed by atoms with Crippen molar-refractivity contribution in [3.05, 3.63) is 24.1 Å². The molecule has 118 valence electrons. The van der Waals surface area contributed by atoms with E-state index >= 15 is 0 Å². The van der Waals surface area contributed by atoms with E-state index in [0.29, 0.717) is 0 Å². The predicted molar refractivity (Wildman–Crippen MR) is 75.8 cm³/mol. The molecule has 0 aromatic carbocycles. The Kier molecular flexibility index (Phi) is 6.03. The molecule has 1 aromatic rings. The topological polar surface area (TPSA) is 109 Å². The molecule has 1 heterocycles. The number of sulfonamides is 1. The molecule has 0 radical (unpaired) electrons. The van der Waals surface area contributed by atoms with Gasteiger partial charge in [-0.25, -0.2) is 17.8 Å². The molecule has 0 fully saturated rings. The first-order chi connectivity index (χ1) is 9.78. The fraction of sp³-hybridized carbons (Fsp3) is 0.500. The van der Waals surface area contributed by atoms with E-state index in [0.717, 1.165) is 10.4 Å². The van der Waals surface area contributed by atoms with Crippen LogP contribution in [0.5, 0.6) is 0 Å². The predicted octanol–water partition coefficient (Wildman–Crippen LogP) is 1.00. The van der Waals surface area contributed by atoms with Crippen molar-refractivity contribution in [3.63, 3.8) is 0 Å². The molecular formula is C12H19FN4O3S. The van der Waals surface area contributed by atoms with Crippen molar-refractivity contribution in [1.29, 1.82) is 0 Å². The summed E-state index contributed by atoms with van der Waals surface area (Å²) in [4.78, 5) is 3.61. The van der Waals surface area contributed by atoms with Gasteiger partial charge < -0.3 is 10.9 Å². The molecule has 0 unspecified atom stereocenters. The maximum absolute atomic E-state index is 13.7. The summed E-state index contributed by atoms with van der Waals surface area (Å²) in [5.74, 6) is -0.977. The highest BCUT2D eigenvalue weighted by molar-refractivity contribution is 7.89. The van der Waals surface area contributed by atoms with Crippen molar-refractivity contribution < 1.29 is 18.0 Å². The Hall–Kier alpha value is -1.74. The summed E-state index contributed by atoms with van der Waals surface area (Å²) in [5.41, 5.74) is 5.35. The van der Waals surface area contributed by atoms with Gasteiger partial charge in [0.1, 0.15) is 5.84 Å². The van der Waals surface area contributed by atoms with Crippen LogP contribution in [0.15, 0.2) is 28.5 Å². The third-order valence-corrected chi connectivity index (χ3v) is 4.42. The lowest BCUT2D eigenvalue weighted by molar-refractivity contribution is 0.314. The third kappa shape index (κ3) is 4.64. The number of hydrogen-bond acceptors (Lipinski definition) is 5. The van der Waals surface area contributed by atoms with Gasteiger partial charge in [0.25, 0.3) is 10.0 Å². The Bertz CT molecular complexity index is 604. The lowest BCUT2D eigenvalue weighted by Gasteiger charge is -2.23. The molecule has 0 bridgehead atoms. The van der Waals surface area contributed by atoms with E-state index in [9.17, 15) is 12.8 Å². The molecule has 21 heavy (non-hydrogen) atoms. The molecule has 0 amide bonds. The second-order valence-electron chi connectivity index (χ2n) is 4.89. The van der Waals surface area contributed by atoms with E-state index in [4.69, 9.17) is 10.9 Å². The Morgan fingerprint density at radius 2 is 2.24 bits per heavy atom. The van der Waals surface area contributed by atoms with E-state index in [1.807, 2.05) is 13.8 Å². The first-order valence-electron chi connectivity index (χ1n) is 6.36. The fourth-order valence-electron chi connectivity index (χ4n) is 1.69. The first-order valence-corrected chi connectivity index (χ1v) is 7.80. The third-order valence-electron chi connectivity index (χ3n) is 2.62. The highest BCUT2D eigenvalue weighted by Gasteiger charge is 2.29. The van der Waals surface area contributed by atoms with E-state index in [1.165, 1.54) is 12.3 Å². The summed E-state index contributed by atoms with van der Waals surface area (Å²) in [7, 11) is -4.08. The zero-order chi connectivity index (χ0) is 16.0. The second-order valence-corrected chi connectivity index (χ2v) is 6.74. The standard InChI is InChI=1S/C12H19FN4O3S/c1-9(2)8-17(7-5-11(14)16-18)21(19,20)12-10(13)4-3-6-15-12/h3-4,6,9,18H,5,7-8H2,1-2H3,(H2,14,16). The normalized spacial score (nSPS) is 13.1. The monoisotopic (exact) mass is 318 g/mol. The van der Waals surface area contributed by atoms with Crippen LogP contribution in [0.1, 0.15) is 20.3 Å². The van der Waals surface area contributed by atoms with E-state index in [1.54, 1.807) is 0 Å². The molecule has 1 aromatic heterocycles. The molecular weight excluding hydrogens is 299 g/mol. The molecule has 0 aliphatic rings. The average molecular weight is 318 g/mol. The minimum absolute atomic E-state index is 0.0214. The highest BCUT2D eigenvalue weighted by atomic mass is 32.2. The molecule has 0 aliphatic carbocycles. The summed E-state index contributed by atoms with van der Waals surface area (Å²) in [6.45, 7) is 3.82. The molecule has 0 saturated heterocycles. The van der Waals surface area contributed by atoms with Gasteiger partial charge in [0.15, 0.2) is 5.82 Å². The number of oxime groups is 1. The zero-order valence-corrected chi connectivity index (χ0v) is 12.7. The van der Waals surface area contributed by atoms with Gasteiger partial charge in [0, 0.05) is 25.7 Å². The molecule has 3 N–H and O–H groups in total. The summed E-state index contributed by atoms with van der Waals surface area (Å²) < 4.78 is 39.7. The van der Waals surface area contributed by atoms with Crippen LogP contribution in [0.3, 0.4) is 0 Å². The van der Waals surface area contributed by atoms with Crippen LogP contribution in [0.25, 0.3) is 0 Å². The molecule has 1 rings (SSSR count). The van der Waals surface area contributed by atoms with Crippen LogP contribution in [0.4, 0.5) is 4.39 Å². The number of nitrogens with two attached hydrogens (primary N) is 1. The van der Waals surface area contributed by atoms with E-state index in [-0.39, 0.29) is 31.3 Å². The number of rotatable bonds is 7. The smallest absolute Gasteiger partial charge is 0.263 e. The fourth-order valence-corrected chi connectivity index (χ4v) is 3.27. The van der Waals surface area contributed by atoms with Crippen LogP contribution in [-0.4, -0.2) is 41.8 Å². The average Bonchev–Trinajstić information content (AvgIpc) is 2.42. The zero-order valence-electron chi connectivity index (χ0n) is 11.9. The summed E-state index contributed by atoms with van der Waals surface area (Å²) in [6, 6.07) is 2.36. The van der Waals surface area contributed by atoms with Crippen LogP contribution in [-0.2, 0) is 10.0 Å². The van der Waals surface area contributed by atoms with Crippen molar-refractivity contribution in [2.24, 2.45) is 16.8 Å². The van der Waals surface area contributed by atoms with Crippen molar-refractivity contribution in [3.8, 4) is 0 Å². The lowest BCUT2D eigenvalue weighted by atomic mass is 10.2. The Balaban J connectivity index is 3.09. The Morgan fingerprint density at radius 3 is 2.76 bits per heavy atom. The minimum Gasteiger partial charge on any atom is -0.409 e. The van der Waals surface area contributed by atoms with Gasteiger partial charge >= 0.3 is 0 Å².